The smallest absolute Gasteiger partial charge is 0.247 e. The number of carbonyl (C=O) groups excluding carboxylic acids is 1. The summed E-state index contributed by atoms with van der Waals surface area (Å²) in [4.78, 5) is 25.4. The van der Waals surface area contributed by atoms with E-state index in [2.05, 4.69) is 20.3 Å². The number of rotatable bonds is 9. The third-order valence-electron chi connectivity index (χ3n) is 4.70. The van der Waals surface area contributed by atoms with Crippen LogP contribution in [0, 0.1) is 11.8 Å². The molecule has 0 fully saturated rings. The van der Waals surface area contributed by atoms with Gasteiger partial charge >= 0.3 is 0 Å². The van der Waals surface area contributed by atoms with Crippen LogP contribution in [0.2, 0.25) is 0 Å². The molecule has 1 atom stereocenters. The Balaban J connectivity index is 1.95. The fourth-order valence-electron chi connectivity index (χ4n) is 2.78. The average Bonchev–Trinajstić information content (AvgIpc) is 3.13. The Morgan fingerprint density at radius 3 is 2.66 bits per heavy atom. The first-order chi connectivity index (χ1) is 14.0. The molecule has 1 aromatic carbocycles. The van der Waals surface area contributed by atoms with Crippen molar-refractivity contribution in [1.29, 1.82) is 0 Å². The van der Waals surface area contributed by atoms with Crippen molar-refractivity contribution in [3.05, 3.63) is 42.2 Å². The molecule has 8 nitrogen and oxygen atoms in total. The maximum absolute atomic E-state index is 12.1. The number of aromatic nitrogens is 4. The number of carbonyl (C=O) groups is 1. The van der Waals surface area contributed by atoms with E-state index in [4.69, 9.17) is 4.74 Å². The van der Waals surface area contributed by atoms with Gasteiger partial charge in [-0.05, 0) is 17.9 Å². The van der Waals surface area contributed by atoms with Crippen molar-refractivity contribution in [2.24, 2.45) is 11.8 Å². The predicted molar refractivity (Wildman–Crippen MR) is 110 cm³/mol. The standard InChI is InChI=1S/C21H27N5O3/c1-4-15(11-27)10-26-13-22-17-18(26)23-21(24-19(28)14(2)3)25-20(17)29-12-16-8-6-5-7-9-16/h5-9,13-15,27H,4,10-12H2,1-3H3,(H,23,24,25,28). The number of hydrogen-bond donors (Lipinski definition) is 2. The molecule has 0 aliphatic rings. The van der Waals surface area contributed by atoms with Gasteiger partial charge in [0.2, 0.25) is 17.7 Å². The number of nitrogens with one attached hydrogen (secondary N) is 1. The van der Waals surface area contributed by atoms with Gasteiger partial charge in [0.05, 0.1) is 6.33 Å². The third kappa shape index (κ3) is 5.08. The number of hydrogen-bond acceptors (Lipinski definition) is 6. The summed E-state index contributed by atoms with van der Waals surface area (Å²) in [5, 5.41) is 12.3. The Morgan fingerprint density at radius 2 is 2.00 bits per heavy atom. The molecule has 3 aromatic rings. The molecule has 29 heavy (non-hydrogen) atoms. The Morgan fingerprint density at radius 1 is 1.24 bits per heavy atom. The minimum Gasteiger partial charge on any atom is -0.471 e. The first-order valence-electron chi connectivity index (χ1n) is 9.83. The largest absolute Gasteiger partial charge is 0.471 e. The number of amides is 1. The quantitative estimate of drug-likeness (QED) is 0.575. The van der Waals surface area contributed by atoms with Crippen molar-refractivity contribution < 1.29 is 14.6 Å². The minimum atomic E-state index is -0.202. The Hall–Kier alpha value is -3.00. The highest BCUT2D eigenvalue weighted by molar-refractivity contribution is 5.91. The Kier molecular flexibility index (Phi) is 6.77. The highest BCUT2D eigenvalue weighted by Crippen LogP contribution is 2.25. The number of ether oxygens (including phenoxy) is 1. The van der Waals surface area contributed by atoms with Gasteiger partial charge in [0.1, 0.15) is 6.61 Å². The molecule has 2 N–H and O–H groups in total. The number of imidazole rings is 1. The van der Waals surface area contributed by atoms with Crippen molar-refractivity contribution in [3.63, 3.8) is 0 Å². The van der Waals surface area contributed by atoms with E-state index in [0.717, 1.165) is 12.0 Å². The van der Waals surface area contributed by atoms with Gasteiger partial charge in [0.25, 0.3) is 0 Å². The van der Waals surface area contributed by atoms with Crippen LogP contribution in [0.1, 0.15) is 32.8 Å². The van der Waals surface area contributed by atoms with Crippen molar-refractivity contribution in [2.45, 2.75) is 40.3 Å². The van der Waals surface area contributed by atoms with E-state index in [1.807, 2.05) is 41.8 Å². The summed E-state index contributed by atoms with van der Waals surface area (Å²) in [7, 11) is 0. The number of nitrogens with zero attached hydrogens (tertiary/aromatic N) is 4. The summed E-state index contributed by atoms with van der Waals surface area (Å²) < 4.78 is 7.79. The molecule has 0 aliphatic heterocycles. The van der Waals surface area contributed by atoms with Crippen molar-refractivity contribution in [2.75, 3.05) is 11.9 Å². The maximum atomic E-state index is 12.1. The maximum Gasteiger partial charge on any atom is 0.247 e. The molecule has 1 unspecified atom stereocenters. The van der Waals surface area contributed by atoms with Gasteiger partial charge in [-0.2, -0.15) is 9.97 Å². The summed E-state index contributed by atoms with van der Waals surface area (Å²) in [6.07, 6.45) is 2.50. The Labute approximate surface area is 170 Å². The number of benzene rings is 1. The molecule has 154 valence electrons. The van der Waals surface area contributed by atoms with Gasteiger partial charge in [-0.1, -0.05) is 51.1 Å². The molecule has 2 heterocycles. The lowest BCUT2D eigenvalue weighted by atomic mass is 10.1. The fourth-order valence-corrected chi connectivity index (χ4v) is 2.78. The molecular formula is C21H27N5O3. The molecule has 1 amide bonds. The molecule has 0 saturated heterocycles. The molecular weight excluding hydrogens is 370 g/mol. The second-order valence-electron chi connectivity index (χ2n) is 7.30. The van der Waals surface area contributed by atoms with Gasteiger partial charge < -0.3 is 14.4 Å². The molecule has 0 radical (unpaired) electrons. The van der Waals surface area contributed by atoms with E-state index in [1.54, 1.807) is 20.2 Å². The summed E-state index contributed by atoms with van der Waals surface area (Å²) in [5.74, 6) is 0.203. The fraction of sp³-hybridized carbons (Fsp3) is 0.429. The zero-order valence-corrected chi connectivity index (χ0v) is 17.0. The second kappa shape index (κ2) is 9.47. The van der Waals surface area contributed by atoms with Gasteiger partial charge in [-0.25, -0.2) is 4.98 Å². The second-order valence-corrected chi connectivity index (χ2v) is 7.30. The summed E-state index contributed by atoms with van der Waals surface area (Å²) in [6.45, 7) is 6.60. The van der Waals surface area contributed by atoms with Crippen LogP contribution in [0.5, 0.6) is 5.88 Å². The van der Waals surface area contributed by atoms with E-state index in [0.29, 0.717) is 30.2 Å². The van der Waals surface area contributed by atoms with Gasteiger partial charge in [0, 0.05) is 19.1 Å². The molecule has 0 aliphatic carbocycles. The Bertz CT molecular complexity index is 952. The van der Waals surface area contributed by atoms with Crippen LogP contribution >= 0.6 is 0 Å². The SMILES string of the molecule is CCC(CO)Cn1cnc2c(OCc3ccccc3)nc(NC(=O)C(C)C)nc21. The van der Waals surface area contributed by atoms with E-state index < -0.39 is 0 Å². The highest BCUT2D eigenvalue weighted by atomic mass is 16.5. The lowest BCUT2D eigenvalue weighted by Gasteiger charge is -2.14. The number of aliphatic hydroxyl groups is 1. The molecule has 0 saturated carbocycles. The lowest BCUT2D eigenvalue weighted by Crippen LogP contribution is -2.20. The van der Waals surface area contributed by atoms with Gasteiger partial charge in [-0.15, -0.1) is 0 Å². The van der Waals surface area contributed by atoms with Gasteiger partial charge in [0.15, 0.2) is 11.2 Å². The number of fused-ring (bicyclic) bond motifs is 1. The summed E-state index contributed by atoms with van der Waals surface area (Å²) in [5.41, 5.74) is 2.09. The van der Waals surface area contributed by atoms with Crippen molar-refractivity contribution in [1.82, 2.24) is 19.5 Å². The van der Waals surface area contributed by atoms with E-state index in [-0.39, 0.29) is 30.3 Å². The molecule has 0 spiro atoms. The summed E-state index contributed by atoms with van der Waals surface area (Å²) >= 11 is 0. The molecule has 8 heteroatoms. The number of aliphatic hydroxyl groups excluding tert-OH is 1. The van der Waals surface area contributed by atoms with Gasteiger partial charge in [-0.3, -0.25) is 10.1 Å². The molecule has 0 bridgehead atoms. The average molecular weight is 397 g/mol. The van der Waals surface area contributed by atoms with Crippen LogP contribution < -0.4 is 10.1 Å². The van der Waals surface area contributed by atoms with Crippen LogP contribution in [0.4, 0.5) is 5.95 Å². The van der Waals surface area contributed by atoms with Crippen LogP contribution in [-0.2, 0) is 17.9 Å². The minimum absolute atomic E-state index is 0.0789. The lowest BCUT2D eigenvalue weighted by molar-refractivity contribution is -0.118. The zero-order valence-electron chi connectivity index (χ0n) is 17.0. The first kappa shape index (κ1) is 20.7. The predicted octanol–water partition coefficient (Wildman–Crippen LogP) is 3.02. The van der Waals surface area contributed by atoms with Crippen molar-refractivity contribution >= 4 is 23.0 Å². The van der Waals surface area contributed by atoms with Crippen LogP contribution in [-0.4, -0.2) is 37.1 Å². The highest BCUT2D eigenvalue weighted by Gasteiger charge is 2.18. The number of anilines is 1. The topological polar surface area (TPSA) is 102 Å². The molecule has 2 aromatic heterocycles. The van der Waals surface area contributed by atoms with E-state index >= 15 is 0 Å². The first-order valence-corrected chi connectivity index (χ1v) is 9.83. The van der Waals surface area contributed by atoms with E-state index in [9.17, 15) is 9.90 Å². The third-order valence-corrected chi connectivity index (χ3v) is 4.70. The zero-order chi connectivity index (χ0) is 20.8. The monoisotopic (exact) mass is 397 g/mol. The normalized spacial score (nSPS) is 12.3. The van der Waals surface area contributed by atoms with Crippen LogP contribution in [0.15, 0.2) is 36.7 Å². The van der Waals surface area contributed by atoms with E-state index in [1.165, 1.54) is 0 Å². The van der Waals surface area contributed by atoms with Crippen LogP contribution in [0.25, 0.3) is 11.2 Å². The molecule has 3 rings (SSSR count). The van der Waals surface area contributed by atoms with Crippen molar-refractivity contribution in [3.8, 4) is 5.88 Å². The summed E-state index contributed by atoms with van der Waals surface area (Å²) in [6, 6.07) is 9.75. The van der Waals surface area contributed by atoms with Crippen LogP contribution in [0.3, 0.4) is 0 Å².